The van der Waals surface area contributed by atoms with Crippen LogP contribution < -0.4 is 9.62 Å². The fraction of sp³-hybridized carbons (Fsp3) is 0.278. The summed E-state index contributed by atoms with van der Waals surface area (Å²) < 4.78 is 29.7. The van der Waals surface area contributed by atoms with Gasteiger partial charge in [0.2, 0.25) is 11.8 Å². The van der Waals surface area contributed by atoms with Gasteiger partial charge in [-0.05, 0) is 79.8 Å². The van der Waals surface area contributed by atoms with E-state index < -0.39 is 28.5 Å². The lowest BCUT2D eigenvalue weighted by Crippen LogP contribution is -2.53. The summed E-state index contributed by atoms with van der Waals surface area (Å²) in [6, 6.07) is 25.4. The molecule has 7 nitrogen and oxygen atoms in total. The standard InChI is InChI=1S/C36H39Cl2N3O4S/c1-5-19-39-36(43)34(21-28-9-7-6-8-10-28)40(23-29-15-16-30(37)22-32(29)38)35(42)24-41(33-20-26(3)11-14-27(33)4)46(44,45)31-17-12-25(2)13-18-31/h6-18,20,22,34H,5,19,21,23-24H2,1-4H3,(H,39,43)/t34-/m0/s1. The molecule has 0 aliphatic rings. The number of carbonyl (C=O) groups excluding carboxylic acids is 2. The van der Waals surface area contributed by atoms with Crippen LogP contribution in [-0.4, -0.2) is 44.3 Å². The van der Waals surface area contributed by atoms with Crippen molar-refractivity contribution in [1.29, 1.82) is 0 Å². The van der Waals surface area contributed by atoms with Gasteiger partial charge in [-0.2, -0.15) is 0 Å². The lowest BCUT2D eigenvalue weighted by atomic mass is 10.0. The van der Waals surface area contributed by atoms with Gasteiger partial charge >= 0.3 is 0 Å². The average Bonchev–Trinajstić information content (AvgIpc) is 3.03. The maximum atomic E-state index is 14.6. The van der Waals surface area contributed by atoms with Crippen LogP contribution in [0.15, 0.2) is 95.9 Å². The molecule has 0 saturated heterocycles. The van der Waals surface area contributed by atoms with Crippen LogP contribution in [0.1, 0.15) is 41.2 Å². The lowest BCUT2D eigenvalue weighted by Gasteiger charge is -2.34. The van der Waals surface area contributed by atoms with Gasteiger partial charge < -0.3 is 10.2 Å². The molecular weight excluding hydrogens is 641 g/mol. The highest BCUT2D eigenvalue weighted by molar-refractivity contribution is 7.92. The minimum Gasteiger partial charge on any atom is -0.354 e. The van der Waals surface area contributed by atoms with E-state index >= 15 is 0 Å². The molecule has 0 saturated carbocycles. The van der Waals surface area contributed by atoms with Gasteiger partial charge in [-0.15, -0.1) is 0 Å². The molecule has 0 unspecified atom stereocenters. The Morgan fingerprint density at radius 1 is 0.848 bits per heavy atom. The zero-order valence-corrected chi connectivity index (χ0v) is 28.8. The van der Waals surface area contributed by atoms with Crippen LogP contribution in [0.5, 0.6) is 0 Å². The van der Waals surface area contributed by atoms with Gasteiger partial charge in [0.15, 0.2) is 0 Å². The molecule has 1 N–H and O–H groups in total. The number of anilines is 1. The molecular formula is C36H39Cl2N3O4S. The first kappa shape index (κ1) is 35.0. The number of sulfonamides is 1. The van der Waals surface area contributed by atoms with Gasteiger partial charge in [0.25, 0.3) is 10.0 Å². The summed E-state index contributed by atoms with van der Waals surface area (Å²) in [5.41, 5.74) is 4.22. The molecule has 2 amide bonds. The van der Waals surface area contributed by atoms with Crippen molar-refractivity contribution in [3.05, 3.63) is 129 Å². The van der Waals surface area contributed by atoms with Crippen molar-refractivity contribution in [1.82, 2.24) is 10.2 Å². The molecule has 0 aliphatic carbocycles. The molecule has 10 heteroatoms. The maximum absolute atomic E-state index is 14.6. The normalized spacial score (nSPS) is 12.0. The number of nitrogens with one attached hydrogen (secondary N) is 1. The molecule has 1 atom stereocenters. The third kappa shape index (κ3) is 8.69. The Balaban J connectivity index is 1.85. The van der Waals surface area contributed by atoms with Crippen molar-refractivity contribution < 1.29 is 18.0 Å². The number of amides is 2. The zero-order chi connectivity index (χ0) is 33.4. The number of hydrogen-bond acceptors (Lipinski definition) is 4. The van der Waals surface area contributed by atoms with E-state index in [9.17, 15) is 18.0 Å². The number of halogens is 2. The fourth-order valence-electron chi connectivity index (χ4n) is 5.09. The molecule has 4 aromatic carbocycles. The minimum atomic E-state index is -4.20. The molecule has 242 valence electrons. The Morgan fingerprint density at radius 3 is 2.17 bits per heavy atom. The van der Waals surface area contributed by atoms with Crippen molar-refractivity contribution in [2.75, 3.05) is 17.4 Å². The number of rotatable bonds is 13. The number of nitrogens with zero attached hydrogens (tertiary/aromatic N) is 2. The van der Waals surface area contributed by atoms with Crippen LogP contribution in [0.2, 0.25) is 10.0 Å². The van der Waals surface area contributed by atoms with E-state index in [2.05, 4.69) is 5.32 Å². The highest BCUT2D eigenvalue weighted by Crippen LogP contribution is 2.30. The first-order chi connectivity index (χ1) is 21.9. The fourth-order valence-corrected chi connectivity index (χ4v) is 7.03. The summed E-state index contributed by atoms with van der Waals surface area (Å²) in [7, 11) is -4.20. The third-order valence-electron chi connectivity index (χ3n) is 7.70. The van der Waals surface area contributed by atoms with Crippen molar-refractivity contribution in [3.63, 3.8) is 0 Å². The van der Waals surface area contributed by atoms with Gasteiger partial charge in [0.1, 0.15) is 12.6 Å². The molecule has 4 aromatic rings. The van der Waals surface area contributed by atoms with Crippen LogP contribution in [0.4, 0.5) is 5.69 Å². The number of hydrogen-bond donors (Lipinski definition) is 1. The summed E-state index contributed by atoms with van der Waals surface area (Å²) in [5, 5.41) is 3.70. The Bertz CT molecular complexity index is 1780. The van der Waals surface area contributed by atoms with Crippen LogP contribution in [0.3, 0.4) is 0 Å². The summed E-state index contributed by atoms with van der Waals surface area (Å²) >= 11 is 12.8. The monoisotopic (exact) mass is 679 g/mol. The Labute approximate surface area is 282 Å². The van der Waals surface area contributed by atoms with Crippen LogP contribution >= 0.6 is 23.2 Å². The molecule has 0 spiro atoms. The molecule has 0 radical (unpaired) electrons. The summed E-state index contributed by atoms with van der Waals surface area (Å²) in [6.07, 6.45) is 0.914. The molecule has 0 fully saturated rings. The summed E-state index contributed by atoms with van der Waals surface area (Å²) in [5.74, 6) is -0.904. The van der Waals surface area contributed by atoms with E-state index in [0.717, 1.165) is 21.0 Å². The number of carbonyl (C=O) groups is 2. The van der Waals surface area contributed by atoms with Gasteiger partial charge in [0.05, 0.1) is 10.6 Å². The van der Waals surface area contributed by atoms with Gasteiger partial charge in [-0.25, -0.2) is 8.42 Å². The van der Waals surface area contributed by atoms with Gasteiger partial charge in [-0.1, -0.05) is 96.4 Å². The topological polar surface area (TPSA) is 86.8 Å². The van der Waals surface area contributed by atoms with E-state index in [1.165, 1.54) is 17.0 Å². The molecule has 0 bridgehead atoms. The van der Waals surface area contributed by atoms with Crippen molar-refractivity contribution in [3.8, 4) is 0 Å². The van der Waals surface area contributed by atoms with E-state index in [0.29, 0.717) is 39.8 Å². The smallest absolute Gasteiger partial charge is 0.264 e. The molecule has 4 rings (SSSR count). The van der Waals surface area contributed by atoms with E-state index in [4.69, 9.17) is 23.2 Å². The Hall–Kier alpha value is -3.85. The predicted molar refractivity (Wildman–Crippen MR) is 186 cm³/mol. The first-order valence-corrected chi connectivity index (χ1v) is 17.3. The van der Waals surface area contributed by atoms with E-state index in [1.54, 1.807) is 43.3 Å². The molecule has 46 heavy (non-hydrogen) atoms. The van der Waals surface area contributed by atoms with Crippen LogP contribution in [-0.2, 0) is 32.6 Å². The highest BCUT2D eigenvalue weighted by atomic mass is 35.5. The molecule has 0 aromatic heterocycles. The first-order valence-electron chi connectivity index (χ1n) is 15.1. The highest BCUT2D eigenvalue weighted by Gasteiger charge is 2.35. The second-order valence-corrected chi connectivity index (χ2v) is 14.1. The van der Waals surface area contributed by atoms with Gasteiger partial charge in [-0.3, -0.25) is 13.9 Å². The minimum absolute atomic E-state index is 0.0445. The molecule has 0 heterocycles. The largest absolute Gasteiger partial charge is 0.354 e. The number of aryl methyl sites for hydroxylation is 3. The van der Waals surface area contributed by atoms with E-state index in [-0.39, 0.29) is 23.8 Å². The summed E-state index contributed by atoms with van der Waals surface area (Å²) in [4.78, 5) is 29.9. The second kappa shape index (κ2) is 15.6. The van der Waals surface area contributed by atoms with Crippen LogP contribution in [0, 0.1) is 20.8 Å². The van der Waals surface area contributed by atoms with Crippen molar-refractivity contribution in [2.45, 2.75) is 58.0 Å². The second-order valence-electron chi connectivity index (χ2n) is 11.4. The van der Waals surface area contributed by atoms with Crippen molar-refractivity contribution >= 4 is 50.7 Å². The quantitative estimate of drug-likeness (QED) is 0.161. The van der Waals surface area contributed by atoms with E-state index in [1.807, 2.05) is 63.2 Å². The average molecular weight is 681 g/mol. The SMILES string of the molecule is CCCNC(=O)[C@H](Cc1ccccc1)N(Cc1ccc(Cl)cc1Cl)C(=O)CN(c1cc(C)ccc1C)S(=O)(=O)c1ccc(C)cc1. The predicted octanol–water partition coefficient (Wildman–Crippen LogP) is 7.28. The maximum Gasteiger partial charge on any atom is 0.264 e. The number of benzene rings is 4. The zero-order valence-electron chi connectivity index (χ0n) is 26.5. The lowest BCUT2D eigenvalue weighted by molar-refractivity contribution is -0.140. The Kier molecular flexibility index (Phi) is 11.9. The molecule has 0 aliphatic heterocycles. The van der Waals surface area contributed by atoms with Crippen LogP contribution in [0.25, 0.3) is 0 Å². The third-order valence-corrected chi connectivity index (χ3v) is 10.1. The van der Waals surface area contributed by atoms with Gasteiger partial charge in [0, 0.05) is 29.6 Å². The summed E-state index contributed by atoms with van der Waals surface area (Å²) in [6.45, 7) is 7.32. The van der Waals surface area contributed by atoms with Crippen molar-refractivity contribution in [2.24, 2.45) is 0 Å². The Morgan fingerprint density at radius 2 is 1.52 bits per heavy atom.